The molecule has 2 atom stereocenters. The number of hydrogen-bond donors (Lipinski definition) is 1. The van der Waals surface area contributed by atoms with Crippen LogP contribution in [0.5, 0.6) is 0 Å². The van der Waals surface area contributed by atoms with Gasteiger partial charge in [-0.25, -0.2) is 0 Å². The highest BCUT2D eigenvalue weighted by molar-refractivity contribution is 7.45. The van der Waals surface area contributed by atoms with Crippen LogP contribution in [0.2, 0.25) is 0 Å². The summed E-state index contributed by atoms with van der Waals surface area (Å²) in [5.74, 6) is -0.440. The van der Waals surface area contributed by atoms with Gasteiger partial charge in [0.05, 0.1) is 27.7 Å². The normalized spacial score (nSPS) is 15.1. The van der Waals surface area contributed by atoms with Crippen LogP contribution in [0.25, 0.3) is 0 Å². The van der Waals surface area contributed by atoms with E-state index in [9.17, 15) is 19.4 Å². The number of quaternary nitrogens is 1. The molecule has 37 heavy (non-hydrogen) atoms. The Labute approximate surface area is 225 Å². The second-order valence-electron chi connectivity index (χ2n) is 10.3. The van der Waals surface area contributed by atoms with Crippen LogP contribution in [0.15, 0.2) is 36.5 Å². The third-order valence-electron chi connectivity index (χ3n) is 5.39. The second kappa shape index (κ2) is 22.7. The van der Waals surface area contributed by atoms with Crippen molar-refractivity contribution >= 4 is 13.8 Å². The number of rotatable bonds is 24. The smallest absolute Gasteiger partial charge is 0.305 e. The summed E-state index contributed by atoms with van der Waals surface area (Å²) >= 11 is 0. The van der Waals surface area contributed by atoms with Crippen LogP contribution in [0, 0.1) is 0 Å². The molecule has 8 nitrogen and oxygen atoms in total. The fourth-order valence-corrected chi connectivity index (χ4v) is 3.87. The zero-order valence-electron chi connectivity index (χ0n) is 23.6. The number of allylic oxidation sites excluding steroid dienone is 6. The zero-order chi connectivity index (χ0) is 27.8. The number of phosphoric acid groups is 1. The van der Waals surface area contributed by atoms with Crippen LogP contribution in [-0.4, -0.2) is 69.2 Å². The number of unbranched alkanes of at least 4 members (excludes halogenated alkanes) is 7. The topological polar surface area (TPSA) is 105 Å². The number of carbonyl (C=O) groups is 1. The van der Waals surface area contributed by atoms with Crippen LogP contribution in [0.4, 0.5) is 0 Å². The quantitative estimate of drug-likeness (QED) is 0.0564. The minimum absolute atomic E-state index is 0.0171. The van der Waals surface area contributed by atoms with E-state index in [-0.39, 0.29) is 19.6 Å². The van der Waals surface area contributed by atoms with Gasteiger partial charge in [-0.05, 0) is 38.5 Å². The van der Waals surface area contributed by atoms with Gasteiger partial charge in [0, 0.05) is 6.42 Å². The average molecular weight is 546 g/mol. The van der Waals surface area contributed by atoms with Crippen LogP contribution in [0.3, 0.4) is 0 Å². The lowest BCUT2D eigenvalue weighted by Gasteiger charge is -2.27. The summed E-state index contributed by atoms with van der Waals surface area (Å²) in [6.07, 6.45) is 24.3. The number of hydrogen-bond acceptors (Lipinski definition) is 7. The number of aliphatic hydroxyl groups is 1. The van der Waals surface area contributed by atoms with E-state index >= 15 is 0 Å². The maximum absolute atomic E-state index is 11.8. The number of aliphatic hydroxyl groups excluding tert-OH is 1. The minimum atomic E-state index is -4.50. The molecule has 0 aliphatic carbocycles. The molecule has 0 heterocycles. The molecule has 0 aliphatic heterocycles. The first-order valence-electron chi connectivity index (χ1n) is 13.7. The van der Waals surface area contributed by atoms with E-state index in [1.165, 1.54) is 44.9 Å². The lowest BCUT2D eigenvalue weighted by Crippen LogP contribution is -2.37. The van der Waals surface area contributed by atoms with Gasteiger partial charge in [-0.1, -0.05) is 75.5 Å². The van der Waals surface area contributed by atoms with Gasteiger partial charge >= 0.3 is 5.97 Å². The predicted octanol–water partition coefficient (Wildman–Crippen LogP) is 5.47. The highest BCUT2D eigenvalue weighted by atomic mass is 31.2. The lowest BCUT2D eigenvalue weighted by molar-refractivity contribution is -0.870. The largest absolute Gasteiger partial charge is 0.756 e. The number of esters is 1. The number of likely N-dealkylation sites (N-methyl/N-ethyl adjacent to an activating group) is 1. The van der Waals surface area contributed by atoms with Gasteiger partial charge in [0.2, 0.25) is 0 Å². The standard InChI is InChI=1S/C28H52NO7P/c1-5-6-7-8-9-10-11-12-13-14-15-16-17-18-19-20-21-22-28(31)34-25-27(30)26-36-37(32,33)35-24-23-29(2,3)4/h12-13,15-16,18-19,27,30H,5-11,14,17,20-26H2,1-4H3/b13-12-,16-15-,19-18-/t27-/m1/s1. The van der Waals surface area contributed by atoms with Crippen LogP contribution < -0.4 is 4.89 Å². The Hall–Kier alpha value is -1.28. The summed E-state index contributed by atoms with van der Waals surface area (Å²) < 4.78 is 26.6. The van der Waals surface area contributed by atoms with E-state index in [4.69, 9.17) is 9.26 Å². The average Bonchev–Trinajstić information content (AvgIpc) is 2.82. The molecule has 0 bridgehead atoms. The Balaban J connectivity index is 3.71. The van der Waals surface area contributed by atoms with Crippen molar-refractivity contribution in [1.82, 2.24) is 0 Å². The molecule has 0 amide bonds. The monoisotopic (exact) mass is 545 g/mol. The van der Waals surface area contributed by atoms with Crippen LogP contribution in [-0.2, 0) is 23.1 Å². The highest BCUT2D eigenvalue weighted by Gasteiger charge is 2.16. The first-order chi connectivity index (χ1) is 17.6. The van der Waals surface area contributed by atoms with Crippen molar-refractivity contribution in [3.05, 3.63) is 36.5 Å². The zero-order valence-corrected chi connectivity index (χ0v) is 24.5. The molecule has 0 aromatic rings. The minimum Gasteiger partial charge on any atom is -0.756 e. The summed E-state index contributed by atoms with van der Waals surface area (Å²) in [5.41, 5.74) is 0. The van der Waals surface area contributed by atoms with Crippen molar-refractivity contribution in [2.45, 2.75) is 90.1 Å². The Kier molecular flexibility index (Phi) is 21.9. The maximum atomic E-state index is 11.8. The molecular formula is C28H52NO7P. The first kappa shape index (κ1) is 35.7. The fourth-order valence-electron chi connectivity index (χ4n) is 3.14. The van der Waals surface area contributed by atoms with Crippen molar-refractivity contribution in [2.75, 3.05) is 47.5 Å². The van der Waals surface area contributed by atoms with Crippen LogP contribution in [0.1, 0.15) is 84.0 Å². The van der Waals surface area contributed by atoms with E-state index in [0.717, 1.165) is 19.3 Å². The summed E-state index contributed by atoms with van der Waals surface area (Å²) in [6.45, 7) is 1.86. The van der Waals surface area contributed by atoms with Gasteiger partial charge < -0.3 is 28.3 Å². The third kappa shape index (κ3) is 27.6. The molecule has 216 valence electrons. The molecule has 0 rings (SSSR count). The van der Waals surface area contributed by atoms with Gasteiger partial charge in [0.1, 0.15) is 25.9 Å². The van der Waals surface area contributed by atoms with Crippen molar-refractivity contribution in [3.8, 4) is 0 Å². The van der Waals surface area contributed by atoms with Crippen molar-refractivity contribution < 1.29 is 37.6 Å². The van der Waals surface area contributed by atoms with Crippen molar-refractivity contribution in [3.63, 3.8) is 0 Å². The van der Waals surface area contributed by atoms with Crippen LogP contribution >= 0.6 is 7.82 Å². The highest BCUT2D eigenvalue weighted by Crippen LogP contribution is 2.38. The number of ether oxygens (including phenoxy) is 1. The van der Waals surface area contributed by atoms with Crippen molar-refractivity contribution in [2.24, 2.45) is 0 Å². The number of phosphoric ester groups is 1. The molecular weight excluding hydrogens is 493 g/mol. The summed E-state index contributed by atoms with van der Waals surface area (Å²) in [7, 11) is 1.22. The Morgan fingerprint density at radius 1 is 0.865 bits per heavy atom. The van der Waals surface area contributed by atoms with Gasteiger partial charge in [-0.2, -0.15) is 0 Å². The lowest BCUT2D eigenvalue weighted by atomic mass is 10.1. The number of carbonyl (C=O) groups excluding carboxylic acids is 1. The van der Waals surface area contributed by atoms with Gasteiger partial charge in [-0.3, -0.25) is 9.36 Å². The molecule has 0 spiro atoms. The molecule has 1 unspecified atom stereocenters. The van der Waals surface area contributed by atoms with E-state index in [2.05, 4.69) is 41.8 Å². The fraction of sp³-hybridized carbons (Fsp3) is 0.750. The van der Waals surface area contributed by atoms with E-state index in [1.807, 2.05) is 27.2 Å². The second-order valence-corrected chi connectivity index (χ2v) is 11.7. The molecule has 0 aliphatic rings. The molecule has 0 saturated heterocycles. The van der Waals surface area contributed by atoms with Gasteiger partial charge in [-0.15, -0.1) is 0 Å². The van der Waals surface area contributed by atoms with Crippen molar-refractivity contribution in [1.29, 1.82) is 0 Å². The van der Waals surface area contributed by atoms with E-state index < -0.39 is 26.5 Å². The third-order valence-corrected chi connectivity index (χ3v) is 6.36. The summed E-state index contributed by atoms with van der Waals surface area (Å²) in [4.78, 5) is 23.5. The van der Waals surface area contributed by atoms with E-state index in [1.54, 1.807) is 0 Å². The molecule has 0 aromatic heterocycles. The summed E-state index contributed by atoms with van der Waals surface area (Å²) in [5, 5.41) is 9.79. The Morgan fingerprint density at radius 3 is 2.05 bits per heavy atom. The summed E-state index contributed by atoms with van der Waals surface area (Å²) in [6, 6.07) is 0. The molecule has 0 fully saturated rings. The van der Waals surface area contributed by atoms with E-state index in [0.29, 0.717) is 17.4 Å². The predicted molar refractivity (Wildman–Crippen MR) is 148 cm³/mol. The molecule has 1 N–H and O–H groups in total. The maximum Gasteiger partial charge on any atom is 0.305 e. The van der Waals surface area contributed by atoms with Gasteiger partial charge in [0.25, 0.3) is 7.82 Å². The molecule has 0 radical (unpaired) electrons. The molecule has 0 aromatic carbocycles. The number of nitrogens with zero attached hydrogens (tertiary/aromatic N) is 1. The van der Waals surface area contributed by atoms with Gasteiger partial charge in [0.15, 0.2) is 0 Å². The molecule has 9 heteroatoms. The Morgan fingerprint density at radius 2 is 1.43 bits per heavy atom. The molecule has 0 saturated carbocycles. The first-order valence-corrected chi connectivity index (χ1v) is 15.2. The Bertz CT molecular complexity index is 701. The SMILES string of the molecule is CCCCCCCC/C=C\C/C=C\C/C=C\CCCC(=O)OC[C@@H](O)COP(=O)([O-])OCC[N+](C)(C)C.